The molecule has 1 atom stereocenters. The highest BCUT2D eigenvalue weighted by Crippen LogP contribution is 2.25. The Hall–Kier alpha value is -0.860. The third-order valence-electron chi connectivity index (χ3n) is 4.58. The highest BCUT2D eigenvalue weighted by atomic mass is 15.3. The van der Waals surface area contributed by atoms with Crippen molar-refractivity contribution in [2.75, 3.05) is 19.6 Å². The summed E-state index contributed by atoms with van der Waals surface area (Å²) in [6.45, 7) is 15.2. The Morgan fingerprint density at radius 2 is 1.86 bits per heavy atom. The molecule has 0 amide bonds. The number of rotatable bonds is 4. The van der Waals surface area contributed by atoms with Crippen molar-refractivity contribution >= 4 is 0 Å². The van der Waals surface area contributed by atoms with Crippen molar-refractivity contribution in [1.82, 2.24) is 10.2 Å². The van der Waals surface area contributed by atoms with Crippen LogP contribution in [0.1, 0.15) is 46.6 Å². The van der Waals surface area contributed by atoms with Gasteiger partial charge in [-0.1, -0.05) is 51.1 Å². The van der Waals surface area contributed by atoms with Crippen LogP contribution >= 0.6 is 0 Å². The van der Waals surface area contributed by atoms with E-state index in [2.05, 4.69) is 75.2 Å². The van der Waals surface area contributed by atoms with Gasteiger partial charge in [-0.2, -0.15) is 0 Å². The van der Waals surface area contributed by atoms with Gasteiger partial charge in [0.2, 0.25) is 0 Å². The second-order valence-corrected chi connectivity index (χ2v) is 8.34. The van der Waals surface area contributed by atoms with Crippen molar-refractivity contribution in [3.8, 4) is 0 Å². The minimum atomic E-state index is 0.262. The maximum absolute atomic E-state index is 3.74. The Labute approximate surface area is 130 Å². The molecule has 1 aromatic carbocycles. The quantitative estimate of drug-likeness (QED) is 0.908. The largest absolute Gasteiger partial charge is 0.311 e. The van der Waals surface area contributed by atoms with E-state index in [9.17, 15) is 0 Å². The molecule has 1 aliphatic rings. The third kappa shape index (κ3) is 5.12. The van der Waals surface area contributed by atoms with Gasteiger partial charge in [-0.3, -0.25) is 4.90 Å². The van der Waals surface area contributed by atoms with Gasteiger partial charge in [0, 0.05) is 24.7 Å². The molecule has 21 heavy (non-hydrogen) atoms. The molecule has 1 unspecified atom stereocenters. The molecule has 0 bridgehead atoms. The van der Waals surface area contributed by atoms with Crippen molar-refractivity contribution in [3.63, 3.8) is 0 Å². The zero-order chi connectivity index (χ0) is 15.5. The number of hydrogen-bond acceptors (Lipinski definition) is 2. The SMILES string of the molecule is CC(C)(C)CCN1CC(Cc2ccccc2)NCC1(C)C. The van der Waals surface area contributed by atoms with Crippen LogP contribution in [-0.2, 0) is 6.42 Å². The van der Waals surface area contributed by atoms with E-state index in [1.165, 1.54) is 18.5 Å². The summed E-state index contributed by atoms with van der Waals surface area (Å²) < 4.78 is 0. The van der Waals surface area contributed by atoms with Gasteiger partial charge in [-0.15, -0.1) is 0 Å². The Bertz CT molecular complexity index is 431. The summed E-state index contributed by atoms with van der Waals surface area (Å²) in [6, 6.07) is 11.4. The molecule has 0 saturated carbocycles. The lowest BCUT2D eigenvalue weighted by atomic mass is 9.89. The molecule has 1 heterocycles. The molecule has 0 radical (unpaired) electrons. The lowest BCUT2D eigenvalue weighted by Crippen LogP contribution is -2.62. The van der Waals surface area contributed by atoms with Gasteiger partial charge in [0.25, 0.3) is 0 Å². The molecule has 2 rings (SSSR count). The number of hydrogen-bond donors (Lipinski definition) is 1. The summed E-state index contributed by atoms with van der Waals surface area (Å²) in [6.07, 6.45) is 2.39. The predicted molar refractivity (Wildman–Crippen MR) is 91.7 cm³/mol. The maximum atomic E-state index is 3.74. The molecule has 2 heteroatoms. The Morgan fingerprint density at radius 1 is 1.19 bits per heavy atom. The van der Waals surface area contributed by atoms with Gasteiger partial charge in [-0.25, -0.2) is 0 Å². The first kappa shape index (κ1) is 16.5. The van der Waals surface area contributed by atoms with Gasteiger partial charge in [0.1, 0.15) is 0 Å². The van der Waals surface area contributed by atoms with E-state index in [0.29, 0.717) is 11.5 Å². The Balaban J connectivity index is 1.95. The maximum Gasteiger partial charge on any atom is 0.0278 e. The second kappa shape index (κ2) is 6.50. The standard InChI is InChI=1S/C19H32N2/c1-18(2,3)11-12-21-14-17(20-15-19(21,4)5)13-16-9-7-6-8-10-16/h6-10,17,20H,11-15H2,1-5H3. The molecule has 1 saturated heterocycles. The molecular formula is C19H32N2. The van der Waals surface area contributed by atoms with Crippen molar-refractivity contribution in [1.29, 1.82) is 0 Å². The van der Waals surface area contributed by atoms with Gasteiger partial charge >= 0.3 is 0 Å². The van der Waals surface area contributed by atoms with E-state index in [1.54, 1.807) is 0 Å². The molecule has 118 valence electrons. The van der Waals surface area contributed by atoms with E-state index in [-0.39, 0.29) is 5.54 Å². The van der Waals surface area contributed by atoms with E-state index in [4.69, 9.17) is 0 Å². The predicted octanol–water partition coefficient (Wildman–Crippen LogP) is 3.72. The topological polar surface area (TPSA) is 15.3 Å². The summed E-state index contributed by atoms with van der Waals surface area (Å²) in [4.78, 5) is 2.68. The molecular weight excluding hydrogens is 256 g/mol. The number of nitrogens with zero attached hydrogens (tertiary/aromatic N) is 1. The van der Waals surface area contributed by atoms with Crippen LogP contribution in [0.4, 0.5) is 0 Å². The molecule has 2 nitrogen and oxygen atoms in total. The van der Waals surface area contributed by atoms with Crippen LogP contribution in [0.3, 0.4) is 0 Å². The van der Waals surface area contributed by atoms with Crippen LogP contribution in [0.5, 0.6) is 0 Å². The number of benzene rings is 1. The smallest absolute Gasteiger partial charge is 0.0278 e. The van der Waals surface area contributed by atoms with Crippen LogP contribution in [-0.4, -0.2) is 36.1 Å². The van der Waals surface area contributed by atoms with Crippen molar-refractivity contribution in [2.24, 2.45) is 5.41 Å². The van der Waals surface area contributed by atoms with Crippen LogP contribution in [0.25, 0.3) is 0 Å². The molecule has 1 aliphatic heterocycles. The first-order chi connectivity index (χ1) is 9.76. The molecule has 0 aromatic heterocycles. The zero-order valence-corrected chi connectivity index (χ0v) is 14.4. The minimum Gasteiger partial charge on any atom is -0.311 e. The van der Waals surface area contributed by atoms with Crippen LogP contribution in [0.15, 0.2) is 30.3 Å². The molecule has 1 aromatic rings. The highest BCUT2D eigenvalue weighted by Gasteiger charge is 2.34. The van der Waals surface area contributed by atoms with Crippen molar-refractivity contribution < 1.29 is 0 Å². The lowest BCUT2D eigenvalue weighted by Gasteiger charge is -2.47. The first-order valence-corrected chi connectivity index (χ1v) is 8.29. The Morgan fingerprint density at radius 3 is 2.48 bits per heavy atom. The summed E-state index contributed by atoms with van der Waals surface area (Å²) >= 11 is 0. The molecule has 0 aliphatic carbocycles. The monoisotopic (exact) mass is 288 g/mol. The van der Waals surface area contributed by atoms with Crippen molar-refractivity contribution in [2.45, 2.75) is 59.0 Å². The highest BCUT2D eigenvalue weighted by molar-refractivity contribution is 5.16. The second-order valence-electron chi connectivity index (χ2n) is 8.34. The van der Waals surface area contributed by atoms with Crippen LogP contribution in [0, 0.1) is 5.41 Å². The molecule has 0 spiro atoms. The molecule has 1 N–H and O–H groups in total. The Kier molecular flexibility index (Phi) is 5.11. The summed E-state index contributed by atoms with van der Waals surface area (Å²) in [5.41, 5.74) is 2.11. The fraction of sp³-hybridized carbons (Fsp3) is 0.684. The average Bonchev–Trinajstić information content (AvgIpc) is 2.39. The fourth-order valence-corrected chi connectivity index (χ4v) is 2.98. The zero-order valence-electron chi connectivity index (χ0n) is 14.4. The van der Waals surface area contributed by atoms with Gasteiger partial charge in [0.05, 0.1) is 0 Å². The van der Waals surface area contributed by atoms with E-state index in [0.717, 1.165) is 19.5 Å². The van der Waals surface area contributed by atoms with E-state index in [1.807, 2.05) is 0 Å². The summed E-state index contributed by atoms with van der Waals surface area (Å²) in [7, 11) is 0. The number of nitrogens with one attached hydrogen (secondary N) is 1. The normalized spacial score (nSPS) is 23.2. The van der Waals surface area contributed by atoms with Gasteiger partial charge in [-0.05, 0) is 44.2 Å². The van der Waals surface area contributed by atoms with Crippen LogP contribution in [0.2, 0.25) is 0 Å². The van der Waals surface area contributed by atoms with Gasteiger partial charge < -0.3 is 5.32 Å². The number of piperazine rings is 1. The van der Waals surface area contributed by atoms with Crippen molar-refractivity contribution in [3.05, 3.63) is 35.9 Å². The minimum absolute atomic E-state index is 0.262. The lowest BCUT2D eigenvalue weighted by molar-refractivity contribution is 0.0558. The first-order valence-electron chi connectivity index (χ1n) is 8.29. The summed E-state index contributed by atoms with van der Waals surface area (Å²) in [5.74, 6) is 0. The average molecular weight is 288 g/mol. The van der Waals surface area contributed by atoms with Crippen LogP contribution < -0.4 is 5.32 Å². The van der Waals surface area contributed by atoms with E-state index >= 15 is 0 Å². The third-order valence-corrected chi connectivity index (χ3v) is 4.58. The van der Waals surface area contributed by atoms with Gasteiger partial charge in [0.15, 0.2) is 0 Å². The molecule has 1 fully saturated rings. The van der Waals surface area contributed by atoms with E-state index < -0.39 is 0 Å². The fourth-order valence-electron chi connectivity index (χ4n) is 2.98. The summed E-state index contributed by atoms with van der Waals surface area (Å²) in [5, 5.41) is 3.74.